The summed E-state index contributed by atoms with van der Waals surface area (Å²) in [6.45, 7) is 1.56. The molecule has 0 aromatic heterocycles. The maximum atomic E-state index is 13.1. The predicted molar refractivity (Wildman–Crippen MR) is 105 cm³/mol. The highest BCUT2D eigenvalue weighted by atomic mass is 16.7. The minimum atomic E-state index is -1.48. The molecule has 29 heavy (non-hydrogen) atoms. The Labute approximate surface area is 167 Å². The molecule has 3 rings (SSSR count). The number of carbonyl (C=O) groups excluding carboxylic acids is 1. The summed E-state index contributed by atoms with van der Waals surface area (Å²) in [5.74, 6) is -1.53. The van der Waals surface area contributed by atoms with Crippen molar-refractivity contribution in [2.75, 3.05) is 4.90 Å². The van der Waals surface area contributed by atoms with Crippen LogP contribution in [0.2, 0.25) is 0 Å². The van der Waals surface area contributed by atoms with E-state index in [2.05, 4.69) is 5.32 Å². The second kappa shape index (κ2) is 8.74. The van der Waals surface area contributed by atoms with Gasteiger partial charge in [0, 0.05) is 6.42 Å². The molecule has 1 aliphatic heterocycles. The lowest BCUT2D eigenvalue weighted by atomic mass is 10.1. The summed E-state index contributed by atoms with van der Waals surface area (Å²) in [6.07, 6.45) is -2.01. The number of nitrogens with one attached hydrogen (secondary N) is 1. The summed E-state index contributed by atoms with van der Waals surface area (Å²) in [5.41, 5.74) is 2.18. The Morgan fingerprint density at radius 2 is 1.76 bits per heavy atom. The number of benzene rings is 2. The largest absolute Gasteiger partial charge is 0.507 e. The first kappa shape index (κ1) is 20.3. The fourth-order valence-electron chi connectivity index (χ4n) is 3.47. The predicted octanol–water partition coefficient (Wildman–Crippen LogP) is 2.27. The van der Waals surface area contributed by atoms with Gasteiger partial charge in [-0.1, -0.05) is 48.5 Å². The Kier molecular flexibility index (Phi) is 6.13. The number of amides is 1. The van der Waals surface area contributed by atoms with Crippen molar-refractivity contribution in [3.05, 3.63) is 65.7 Å². The van der Waals surface area contributed by atoms with Crippen molar-refractivity contribution in [3.63, 3.8) is 0 Å². The third-order valence-corrected chi connectivity index (χ3v) is 4.81. The first-order valence-electron chi connectivity index (χ1n) is 9.20. The van der Waals surface area contributed by atoms with Gasteiger partial charge in [0.2, 0.25) is 5.91 Å². The van der Waals surface area contributed by atoms with Gasteiger partial charge in [0.25, 0.3) is 0 Å². The number of aliphatic carboxylic acids is 1. The topological polar surface area (TPSA) is 116 Å². The van der Waals surface area contributed by atoms with E-state index in [1.807, 2.05) is 30.3 Å². The average Bonchev–Trinajstić information content (AvgIpc) is 3.04. The van der Waals surface area contributed by atoms with Crippen LogP contribution < -0.4 is 10.2 Å². The van der Waals surface area contributed by atoms with Crippen molar-refractivity contribution < 1.29 is 29.3 Å². The van der Waals surface area contributed by atoms with Crippen molar-refractivity contribution in [2.24, 2.45) is 0 Å². The Morgan fingerprint density at radius 3 is 2.41 bits per heavy atom. The Morgan fingerprint density at radius 1 is 1.10 bits per heavy atom. The Balaban J connectivity index is 1.77. The van der Waals surface area contributed by atoms with Gasteiger partial charge >= 0.3 is 12.1 Å². The van der Waals surface area contributed by atoms with Gasteiger partial charge in [-0.15, -0.1) is 0 Å². The van der Waals surface area contributed by atoms with Crippen molar-refractivity contribution >= 4 is 23.7 Å². The molecule has 3 N–H and O–H groups in total. The number of carbonyl (C=O) groups is 3. The van der Waals surface area contributed by atoms with Crippen LogP contribution in [0.1, 0.15) is 18.1 Å². The van der Waals surface area contributed by atoms with Crippen LogP contribution >= 0.6 is 0 Å². The van der Waals surface area contributed by atoms with Gasteiger partial charge < -0.3 is 14.9 Å². The third kappa shape index (κ3) is 4.72. The van der Waals surface area contributed by atoms with Gasteiger partial charge in [-0.2, -0.15) is 0 Å². The van der Waals surface area contributed by atoms with Crippen LogP contribution in [-0.2, 0) is 27.2 Å². The molecule has 8 heteroatoms. The number of carboxylic acid groups (broad SMARTS) is 2. The number of hydrogen-bond acceptors (Lipinski definition) is 5. The van der Waals surface area contributed by atoms with E-state index in [0.717, 1.165) is 11.1 Å². The molecule has 0 fully saturated rings. The number of rotatable bonds is 7. The number of fused-ring (bicyclic) bond motifs is 1. The van der Waals surface area contributed by atoms with Gasteiger partial charge in [0.05, 0.1) is 11.7 Å². The molecule has 2 aromatic rings. The lowest BCUT2D eigenvalue weighted by Gasteiger charge is -2.28. The number of anilines is 1. The normalized spacial score (nSPS) is 17.3. The van der Waals surface area contributed by atoms with Crippen LogP contribution in [0.5, 0.6) is 0 Å². The number of carboxylic acids is 1. The Bertz CT molecular complexity index is 901. The molecule has 2 aromatic carbocycles. The van der Waals surface area contributed by atoms with Gasteiger partial charge in [-0.25, -0.2) is 4.79 Å². The van der Waals surface area contributed by atoms with E-state index in [-0.39, 0.29) is 12.8 Å². The molecule has 1 heterocycles. The number of ether oxygens (including phenoxy) is 1. The fraction of sp³-hybridized carbons (Fsp3) is 0.286. The van der Waals surface area contributed by atoms with E-state index in [4.69, 9.17) is 9.84 Å². The standard InChI is InChI=1S/C21H22N2O6/c1-13(22-16(20(25)26)11-14-7-3-2-4-8-14)19(24)23-17-10-6-5-9-15(17)12-18(23)29-21(27)28/h2-10,13,16,18,22H,11-12H2,1H3,(H,25,26)(H,27,28)/t13-,16?,18-/m0/s1. The number of para-hydroxylation sites is 1. The second-order valence-corrected chi connectivity index (χ2v) is 6.85. The molecular formula is C21H22N2O6. The minimum Gasteiger partial charge on any atom is -0.480 e. The highest BCUT2D eigenvalue weighted by Crippen LogP contribution is 2.33. The summed E-state index contributed by atoms with van der Waals surface area (Å²) >= 11 is 0. The summed E-state index contributed by atoms with van der Waals surface area (Å²) < 4.78 is 4.90. The van der Waals surface area contributed by atoms with Crippen molar-refractivity contribution in [1.82, 2.24) is 5.32 Å². The lowest BCUT2D eigenvalue weighted by molar-refractivity contribution is -0.139. The molecule has 0 spiro atoms. The van der Waals surface area contributed by atoms with E-state index < -0.39 is 36.3 Å². The maximum absolute atomic E-state index is 13.1. The van der Waals surface area contributed by atoms with Crippen LogP contribution in [0.25, 0.3) is 0 Å². The molecule has 0 saturated carbocycles. The van der Waals surface area contributed by atoms with E-state index in [1.165, 1.54) is 4.90 Å². The summed E-state index contributed by atoms with van der Waals surface area (Å²) in [5, 5.41) is 21.4. The molecule has 152 valence electrons. The minimum absolute atomic E-state index is 0.208. The van der Waals surface area contributed by atoms with Crippen LogP contribution in [0, 0.1) is 0 Å². The summed E-state index contributed by atoms with van der Waals surface area (Å²) in [7, 11) is 0. The second-order valence-electron chi connectivity index (χ2n) is 6.85. The highest BCUT2D eigenvalue weighted by Gasteiger charge is 2.39. The maximum Gasteiger partial charge on any atom is 0.507 e. The summed E-state index contributed by atoms with van der Waals surface area (Å²) in [4.78, 5) is 37.2. The van der Waals surface area contributed by atoms with Crippen molar-refractivity contribution in [3.8, 4) is 0 Å². The van der Waals surface area contributed by atoms with Gasteiger partial charge in [-0.05, 0) is 30.5 Å². The lowest BCUT2D eigenvalue weighted by Crippen LogP contribution is -2.53. The van der Waals surface area contributed by atoms with E-state index in [1.54, 1.807) is 31.2 Å². The quantitative estimate of drug-likeness (QED) is 0.613. The zero-order valence-electron chi connectivity index (χ0n) is 15.8. The third-order valence-electron chi connectivity index (χ3n) is 4.81. The molecule has 1 unspecified atom stereocenters. The first-order chi connectivity index (χ1) is 13.9. The molecule has 0 radical (unpaired) electrons. The molecule has 0 bridgehead atoms. The Hall–Kier alpha value is -3.39. The van der Waals surface area contributed by atoms with E-state index >= 15 is 0 Å². The molecule has 1 amide bonds. The van der Waals surface area contributed by atoms with Crippen LogP contribution in [0.4, 0.5) is 10.5 Å². The molecule has 8 nitrogen and oxygen atoms in total. The van der Waals surface area contributed by atoms with Gasteiger partial charge in [0.1, 0.15) is 6.04 Å². The molecule has 3 atom stereocenters. The monoisotopic (exact) mass is 398 g/mol. The first-order valence-corrected chi connectivity index (χ1v) is 9.20. The molecule has 1 aliphatic rings. The average molecular weight is 398 g/mol. The molecular weight excluding hydrogens is 376 g/mol. The van der Waals surface area contributed by atoms with Crippen LogP contribution in [0.15, 0.2) is 54.6 Å². The van der Waals surface area contributed by atoms with Crippen molar-refractivity contribution in [2.45, 2.75) is 38.1 Å². The number of nitrogens with zero attached hydrogens (tertiary/aromatic N) is 1. The van der Waals surface area contributed by atoms with E-state index in [0.29, 0.717) is 5.69 Å². The smallest absolute Gasteiger partial charge is 0.480 e. The van der Waals surface area contributed by atoms with Crippen LogP contribution in [-0.4, -0.2) is 46.6 Å². The zero-order valence-corrected chi connectivity index (χ0v) is 15.8. The fourth-order valence-corrected chi connectivity index (χ4v) is 3.47. The number of hydrogen-bond donors (Lipinski definition) is 3. The zero-order chi connectivity index (χ0) is 21.0. The van der Waals surface area contributed by atoms with Gasteiger partial charge in [-0.3, -0.25) is 19.8 Å². The molecule has 0 aliphatic carbocycles. The molecule has 0 saturated heterocycles. The summed E-state index contributed by atoms with van der Waals surface area (Å²) in [6, 6.07) is 14.3. The van der Waals surface area contributed by atoms with E-state index in [9.17, 15) is 19.5 Å². The van der Waals surface area contributed by atoms with Gasteiger partial charge in [0.15, 0.2) is 6.23 Å². The SMILES string of the molecule is C[C@H](NC(Cc1ccccc1)C(=O)O)C(=O)N1c2ccccc2C[C@@H]1OC(=O)O. The highest BCUT2D eigenvalue weighted by molar-refractivity contribution is 5.99. The van der Waals surface area contributed by atoms with Crippen molar-refractivity contribution in [1.29, 1.82) is 0 Å². The van der Waals surface area contributed by atoms with Crippen LogP contribution in [0.3, 0.4) is 0 Å².